The van der Waals surface area contributed by atoms with Crippen molar-refractivity contribution in [3.63, 3.8) is 0 Å². The number of hydrogen-bond acceptors (Lipinski definition) is 1. The fourth-order valence-electron chi connectivity index (χ4n) is 4.57. The summed E-state index contributed by atoms with van der Waals surface area (Å²) in [7, 11) is 1.12. The monoisotopic (exact) mass is 309 g/mol. The second-order valence-corrected chi connectivity index (χ2v) is 8.74. The quantitative estimate of drug-likeness (QED) is 0.726. The van der Waals surface area contributed by atoms with Crippen LogP contribution in [0.15, 0.2) is 12.1 Å². The van der Waals surface area contributed by atoms with E-state index in [1.165, 1.54) is 31.1 Å². The molecule has 0 atom stereocenters. The first kappa shape index (κ1) is 18.1. The Morgan fingerprint density at radius 1 is 1.09 bits per heavy atom. The van der Waals surface area contributed by atoms with E-state index in [1.54, 1.807) is 0 Å². The molecule has 0 aromatic heterocycles. The van der Waals surface area contributed by atoms with Crippen molar-refractivity contribution < 1.29 is 0 Å². The van der Waals surface area contributed by atoms with Gasteiger partial charge < -0.3 is 0 Å². The number of nitrogens with zero attached hydrogens (tertiary/aromatic N) is 1. The number of benzene rings is 1. The molecule has 1 nitrogen and oxygen atoms in total. The van der Waals surface area contributed by atoms with Crippen molar-refractivity contribution in [3.05, 3.63) is 28.8 Å². The minimum absolute atomic E-state index is 0.342. The maximum absolute atomic E-state index is 9.25. The molecule has 124 valence electrons. The number of aryl methyl sites for hydroxylation is 2. The van der Waals surface area contributed by atoms with Gasteiger partial charge in [0.1, 0.15) is 0 Å². The molecule has 1 aliphatic rings. The second-order valence-electron chi connectivity index (χ2n) is 8.74. The summed E-state index contributed by atoms with van der Waals surface area (Å²) in [6.45, 7) is 13.8. The van der Waals surface area contributed by atoms with E-state index in [-0.39, 0.29) is 0 Å². The Balaban J connectivity index is 2.09. The fraction of sp³-hybridized carbons (Fsp3) is 0.667. The predicted octanol–water partition coefficient (Wildman–Crippen LogP) is 4.90. The molecular weight excluding hydrogens is 277 g/mol. The van der Waals surface area contributed by atoms with Gasteiger partial charge in [0, 0.05) is 0 Å². The smallest absolute Gasteiger partial charge is 0.163 e. The minimum Gasteiger partial charge on any atom is -0.192 e. The summed E-state index contributed by atoms with van der Waals surface area (Å²) >= 11 is 0. The molecule has 23 heavy (non-hydrogen) atoms. The molecule has 1 aromatic rings. The van der Waals surface area contributed by atoms with Crippen LogP contribution in [0.3, 0.4) is 0 Å². The molecule has 0 N–H and O–H groups in total. The summed E-state index contributed by atoms with van der Waals surface area (Å²) in [4.78, 5) is 0. The average molecular weight is 309 g/mol. The molecule has 1 aliphatic carbocycles. The molecular formula is C21H32BN. The van der Waals surface area contributed by atoms with Gasteiger partial charge in [-0.3, -0.25) is 0 Å². The lowest BCUT2D eigenvalue weighted by molar-refractivity contribution is 0.195. The zero-order valence-corrected chi connectivity index (χ0v) is 15.9. The van der Waals surface area contributed by atoms with E-state index in [0.717, 1.165) is 41.7 Å². The van der Waals surface area contributed by atoms with E-state index in [1.807, 2.05) is 0 Å². The average Bonchev–Trinajstić information content (AvgIpc) is 2.46. The van der Waals surface area contributed by atoms with Gasteiger partial charge in [-0.05, 0) is 55.6 Å². The van der Waals surface area contributed by atoms with Crippen molar-refractivity contribution in [2.24, 2.45) is 17.8 Å². The van der Waals surface area contributed by atoms with E-state index >= 15 is 0 Å². The van der Waals surface area contributed by atoms with Gasteiger partial charge in [0.2, 0.25) is 0 Å². The third-order valence-corrected chi connectivity index (χ3v) is 6.18. The van der Waals surface area contributed by atoms with Crippen molar-refractivity contribution >= 4 is 12.7 Å². The van der Waals surface area contributed by atoms with E-state index in [0.29, 0.717) is 5.31 Å². The van der Waals surface area contributed by atoms with Gasteiger partial charge >= 0.3 is 0 Å². The molecule has 0 spiro atoms. The largest absolute Gasteiger partial charge is 0.192 e. The molecule has 1 aromatic carbocycles. The van der Waals surface area contributed by atoms with Crippen LogP contribution >= 0.6 is 0 Å². The van der Waals surface area contributed by atoms with Crippen LogP contribution in [0, 0.1) is 42.9 Å². The SMILES string of the molecule is Cc1cc(BC(C)(C)C2CCC(C(C)C)CC2)cc(C)c1C#N. The Morgan fingerprint density at radius 3 is 2.04 bits per heavy atom. The highest BCUT2D eigenvalue weighted by Crippen LogP contribution is 2.45. The first-order valence-electron chi connectivity index (χ1n) is 9.25. The molecule has 0 radical (unpaired) electrons. The summed E-state index contributed by atoms with van der Waals surface area (Å²) in [6, 6.07) is 6.79. The summed E-state index contributed by atoms with van der Waals surface area (Å²) in [5.41, 5.74) is 4.50. The molecule has 0 amide bonds. The minimum atomic E-state index is 0.342. The molecule has 0 aliphatic heterocycles. The first-order valence-corrected chi connectivity index (χ1v) is 9.25. The lowest BCUT2D eigenvalue weighted by atomic mass is 9.44. The molecule has 2 rings (SSSR count). The summed E-state index contributed by atoms with van der Waals surface area (Å²) in [6.07, 6.45) is 5.56. The molecule has 1 saturated carbocycles. The summed E-state index contributed by atoms with van der Waals surface area (Å²) in [5.74, 6) is 2.60. The molecule has 1 fully saturated rings. The first-order chi connectivity index (χ1) is 10.7. The highest BCUT2D eigenvalue weighted by molar-refractivity contribution is 6.56. The van der Waals surface area contributed by atoms with E-state index in [4.69, 9.17) is 0 Å². The standard InChI is InChI=1S/C21H32BN/c1-14(2)17-7-9-18(10-8-17)21(5,6)22-19-11-15(3)20(13-23)16(4)12-19/h11-12,14,17-18,22H,7-10H2,1-6H3. The van der Waals surface area contributed by atoms with Crippen LogP contribution in [-0.4, -0.2) is 7.28 Å². The van der Waals surface area contributed by atoms with Crippen LogP contribution in [0.5, 0.6) is 0 Å². The number of hydrogen-bond donors (Lipinski definition) is 0. The van der Waals surface area contributed by atoms with Gasteiger partial charge in [0.25, 0.3) is 0 Å². The fourth-order valence-corrected chi connectivity index (χ4v) is 4.57. The highest BCUT2D eigenvalue weighted by Gasteiger charge is 2.34. The normalized spacial score (nSPS) is 22.0. The summed E-state index contributed by atoms with van der Waals surface area (Å²) < 4.78 is 0. The summed E-state index contributed by atoms with van der Waals surface area (Å²) in [5, 5.41) is 9.59. The Kier molecular flexibility index (Phi) is 5.61. The Bertz CT molecular complexity index is 563. The van der Waals surface area contributed by atoms with E-state index in [2.05, 4.69) is 59.7 Å². The molecule has 2 heteroatoms. The van der Waals surface area contributed by atoms with Crippen LogP contribution in [0.4, 0.5) is 0 Å². The third kappa shape index (κ3) is 4.20. The molecule has 0 saturated heterocycles. The van der Waals surface area contributed by atoms with Gasteiger partial charge in [0.15, 0.2) is 7.28 Å². The van der Waals surface area contributed by atoms with Gasteiger partial charge in [-0.25, -0.2) is 0 Å². The third-order valence-electron chi connectivity index (χ3n) is 6.18. The van der Waals surface area contributed by atoms with Crippen LogP contribution in [0.25, 0.3) is 0 Å². The topological polar surface area (TPSA) is 23.8 Å². The van der Waals surface area contributed by atoms with Gasteiger partial charge in [-0.15, -0.1) is 0 Å². The predicted molar refractivity (Wildman–Crippen MR) is 102 cm³/mol. The van der Waals surface area contributed by atoms with Crippen LogP contribution in [0.1, 0.15) is 70.1 Å². The maximum Gasteiger partial charge on any atom is 0.163 e. The van der Waals surface area contributed by atoms with Crippen molar-refractivity contribution in [2.45, 2.75) is 72.5 Å². The molecule has 0 bridgehead atoms. The zero-order chi connectivity index (χ0) is 17.2. The molecule has 0 unspecified atom stereocenters. The molecule has 0 heterocycles. The van der Waals surface area contributed by atoms with Crippen LogP contribution in [0.2, 0.25) is 5.31 Å². The second kappa shape index (κ2) is 7.12. The Labute approximate surface area is 143 Å². The van der Waals surface area contributed by atoms with E-state index in [9.17, 15) is 5.26 Å². The van der Waals surface area contributed by atoms with Crippen molar-refractivity contribution in [1.29, 1.82) is 5.26 Å². The van der Waals surface area contributed by atoms with Crippen molar-refractivity contribution in [3.8, 4) is 6.07 Å². The Hall–Kier alpha value is -1.23. The maximum atomic E-state index is 9.25. The zero-order valence-electron chi connectivity index (χ0n) is 15.9. The van der Waals surface area contributed by atoms with Crippen LogP contribution < -0.4 is 5.46 Å². The highest BCUT2D eigenvalue weighted by atomic mass is 14.3. The lowest BCUT2D eigenvalue weighted by Gasteiger charge is -2.40. The van der Waals surface area contributed by atoms with Crippen LogP contribution in [-0.2, 0) is 0 Å². The van der Waals surface area contributed by atoms with E-state index < -0.39 is 0 Å². The van der Waals surface area contributed by atoms with Gasteiger partial charge in [-0.1, -0.05) is 63.4 Å². The van der Waals surface area contributed by atoms with Gasteiger partial charge in [-0.2, -0.15) is 5.26 Å². The van der Waals surface area contributed by atoms with Crippen molar-refractivity contribution in [1.82, 2.24) is 0 Å². The number of nitriles is 1. The lowest BCUT2D eigenvalue weighted by Crippen LogP contribution is -2.34. The Morgan fingerprint density at radius 2 is 1.61 bits per heavy atom. The van der Waals surface area contributed by atoms with Gasteiger partial charge in [0.05, 0.1) is 11.6 Å². The number of rotatable bonds is 4. The van der Waals surface area contributed by atoms with Crippen molar-refractivity contribution in [2.75, 3.05) is 0 Å².